The first-order chi connectivity index (χ1) is 15.1. The lowest BCUT2D eigenvalue weighted by atomic mass is 10.1. The van der Waals surface area contributed by atoms with Gasteiger partial charge in [-0.15, -0.1) is 0 Å². The van der Waals surface area contributed by atoms with E-state index >= 15 is 0 Å². The molecule has 0 fully saturated rings. The van der Waals surface area contributed by atoms with Crippen LogP contribution in [0.15, 0.2) is 82.6 Å². The lowest BCUT2D eigenvalue weighted by Gasteiger charge is -2.14. The number of urea groups is 1. The number of amides is 2. The van der Waals surface area contributed by atoms with E-state index in [0.717, 1.165) is 0 Å². The van der Waals surface area contributed by atoms with Gasteiger partial charge in [0.1, 0.15) is 9.79 Å². The third kappa shape index (κ3) is 4.14. The second-order valence-electron chi connectivity index (χ2n) is 6.84. The molecule has 164 valence electrons. The van der Waals surface area contributed by atoms with Crippen molar-refractivity contribution in [1.29, 1.82) is 0 Å². The fourth-order valence-electron chi connectivity index (χ4n) is 3.49. The Labute approximate surface area is 183 Å². The Morgan fingerprint density at radius 1 is 0.562 bits per heavy atom. The molecule has 4 N–H and O–H groups in total. The van der Waals surface area contributed by atoms with Crippen LogP contribution in [0.4, 0.5) is 16.2 Å². The average Bonchev–Trinajstić information content (AvgIpc) is 2.72. The molecular weight excluding hydrogens is 456 g/mol. The van der Waals surface area contributed by atoms with Gasteiger partial charge >= 0.3 is 6.03 Å². The predicted octanol–water partition coefficient (Wildman–Crippen LogP) is 4.13. The summed E-state index contributed by atoms with van der Waals surface area (Å²) in [6.07, 6.45) is 0. The topological polar surface area (TPSA) is 150 Å². The van der Waals surface area contributed by atoms with Crippen LogP contribution in [0.3, 0.4) is 0 Å². The summed E-state index contributed by atoms with van der Waals surface area (Å²) in [5.41, 5.74) is 0.591. The van der Waals surface area contributed by atoms with Gasteiger partial charge < -0.3 is 10.6 Å². The first kappa shape index (κ1) is 21.7. The molecule has 0 aliphatic carbocycles. The summed E-state index contributed by atoms with van der Waals surface area (Å²) >= 11 is 0. The molecule has 9 nitrogen and oxygen atoms in total. The second kappa shape index (κ2) is 7.88. The number of benzene rings is 4. The molecule has 4 rings (SSSR count). The predicted molar refractivity (Wildman–Crippen MR) is 120 cm³/mol. The highest BCUT2D eigenvalue weighted by Gasteiger charge is 2.18. The summed E-state index contributed by atoms with van der Waals surface area (Å²) in [4.78, 5) is 12.1. The van der Waals surface area contributed by atoms with Crippen molar-refractivity contribution in [2.24, 2.45) is 0 Å². The Morgan fingerprint density at radius 2 is 0.906 bits per heavy atom. The molecular formula is C21H16N2O7S2. The smallest absolute Gasteiger partial charge is 0.307 e. The van der Waals surface area contributed by atoms with Crippen LogP contribution in [-0.2, 0) is 20.2 Å². The van der Waals surface area contributed by atoms with Crippen LogP contribution in [0.1, 0.15) is 0 Å². The quantitative estimate of drug-likeness (QED) is 0.326. The Kier molecular flexibility index (Phi) is 5.34. The van der Waals surface area contributed by atoms with Crippen LogP contribution in [0, 0.1) is 0 Å². The summed E-state index contributed by atoms with van der Waals surface area (Å²) in [5, 5.41) is 6.51. The zero-order chi connectivity index (χ0) is 23.1. The van der Waals surface area contributed by atoms with Crippen LogP contribution >= 0.6 is 0 Å². The minimum atomic E-state index is -4.46. The highest BCUT2D eigenvalue weighted by Crippen LogP contribution is 2.31. The molecule has 0 aromatic heterocycles. The Morgan fingerprint density at radius 3 is 1.25 bits per heavy atom. The molecule has 0 spiro atoms. The number of anilines is 2. The third-order valence-corrected chi connectivity index (χ3v) is 6.64. The number of fused-ring (bicyclic) bond motifs is 2. The van der Waals surface area contributed by atoms with Gasteiger partial charge in [0.25, 0.3) is 20.2 Å². The maximum atomic E-state index is 12.7. The normalized spacial score (nSPS) is 12.1. The molecule has 11 heteroatoms. The van der Waals surface area contributed by atoms with Gasteiger partial charge in [-0.3, -0.25) is 9.11 Å². The third-order valence-electron chi connectivity index (χ3n) is 4.82. The van der Waals surface area contributed by atoms with Crippen molar-refractivity contribution in [2.45, 2.75) is 9.79 Å². The molecule has 2 amide bonds. The largest absolute Gasteiger partial charge is 0.323 e. The van der Waals surface area contributed by atoms with Gasteiger partial charge in [0.2, 0.25) is 0 Å². The molecule has 0 bridgehead atoms. The van der Waals surface area contributed by atoms with Gasteiger partial charge in [-0.2, -0.15) is 16.8 Å². The van der Waals surface area contributed by atoms with Crippen molar-refractivity contribution in [1.82, 2.24) is 0 Å². The average molecular weight is 473 g/mol. The minimum Gasteiger partial charge on any atom is -0.307 e. The highest BCUT2D eigenvalue weighted by molar-refractivity contribution is 7.86. The number of hydrogen-bond acceptors (Lipinski definition) is 5. The van der Waals surface area contributed by atoms with Gasteiger partial charge in [0, 0.05) is 21.5 Å². The van der Waals surface area contributed by atoms with Crippen LogP contribution in [0.5, 0.6) is 0 Å². The summed E-state index contributed by atoms with van der Waals surface area (Å²) in [6.45, 7) is 0. The van der Waals surface area contributed by atoms with Crippen LogP contribution in [0.25, 0.3) is 21.5 Å². The fourth-order valence-corrected chi connectivity index (χ4v) is 4.88. The van der Waals surface area contributed by atoms with Crippen molar-refractivity contribution in [2.75, 3.05) is 10.6 Å². The standard InChI is InChI=1S/C21H16N2O7S2/c24-21(22-17-9-11-19(31(25,26)27)15-7-3-1-5-13(15)17)23-18-10-12-20(32(28,29)30)16-8-4-2-6-14(16)18/h1-12H,(H2,22,23,24)(H,25,26,27)(H,28,29,30). The zero-order valence-electron chi connectivity index (χ0n) is 16.2. The summed E-state index contributed by atoms with van der Waals surface area (Å²) < 4.78 is 65.5. The van der Waals surface area contributed by atoms with E-state index < -0.39 is 26.3 Å². The molecule has 0 atom stereocenters. The van der Waals surface area contributed by atoms with Gasteiger partial charge in [-0.1, -0.05) is 48.5 Å². The molecule has 0 aliphatic rings. The highest BCUT2D eigenvalue weighted by atomic mass is 32.2. The van der Waals surface area contributed by atoms with Gasteiger partial charge in [-0.05, 0) is 24.3 Å². The summed E-state index contributed by atoms with van der Waals surface area (Å²) in [6, 6.07) is 17.1. The second-order valence-corrected chi connectivity index (χ2v) is 9.62. The van der Waals surface area contributed by atoms with Crippen molar-refractivity contribution in [3.63, 3.8) is 0 Å². The number of hydrogen-bond donors (Lipinski definition) is 4. The van der Waals surface area contributed by atoms with Crippen molar-refractivity contribution >= 4 is 59.2 Å². The van der Waals surface area contributed by atoms with E-state index in [9.17, 15) is 30.7 Å². The van der Waals surface area contributed by atoms with E-state index in [4.69, 9.17) is 0 Å². The molecule has 32 heavy (non-hydrogen) atoms. The molecule has 0 radical (unpaired) electrons. The SMILES string of the molecule is O=C(Nc1ccc(S(=O)(=O)O)c2ccccc12)Nc1ccc(S(=O)(=O)O)c2ccccc12. The van der Waals surface area contributed by atoms with Crippen molar-refractivity contribution in [3.8, 4) is 0 Å². The fraction of sp³-hybridized carbons (Fsp3) is 0. The monoisotopic (exact) mass is 472 g/mol. The van der Waals surface area contributed by atoms with Gasteiger partial charge in [0.15, 0.2) is 0 Å². The summed E-state index contributed by atoms with van der Waals surface area (Å²) in [7, 11) is -8.92. The van der Waals surface area contributed by atoms with Crippen molar-refractivity contribution < 1.29 is 30.7 Å². The summed E-state index contributed by atoms with van der Waals surface area (Å²) in [5.74, 6) is 0. The first-order valence-electron chi connectivity index (χ1n) is 9.12. The first-order valence-corrected chi connectivity index (χ1v) is 12.0. The van der Waals surface area contributed by atoms with Gasteiger partial charge in [-0.25, -0.2) is 4.79 Å². The Hall–Kier alpha value is -3.51. The van der Waals surface area contributed by atoms with E-state index in [1.807, 2.05) is 0 Å². The zero-order valence-corrected chi connectivity index (χ0v) is 17.8. The number of rotatable bonds is 4. The van der Waals surface area contributed by atoms with Gasteiger partial charge in [0.05, 0.1) is 11.4 Å². The van der Waals surface area contributed by atoms with Crippen LogP contribution in [0.2, 0.25) is 0 Å². The minimum absolute atomic E-state index is 0.232. The maximum absolute atomic E-state index is 12.7. The lowest BCUT2D eigenvalue weighted by molar-refractivity contribution is 0.262. The van der Waals surface area contributed by atoms with E-state index in [0.29, 0.717) is 22.1 Å². The van der Waals surface area contributed by atoms with Crippen LogP contribution in [-0.4, -0.2) is 32.0 Å². The lowest BCUT2D eigenvalue weighted by Crippen LogP contribution is -2.20. The molecule has 0 saturated carbocycles. The molecule has 0 unspecified atom stereocenters. The van der Waals surface area contributed by atoms with Crippen molar-refractivity contribution in [3.05, 3.63) is 72.8 Å². The Balaban J connectivity index is 1.70. The number of carbonyl (C=O) groups is 1. The molecule has 4 aromatic rings. The van der Waals surface area contributed by atoms with E-state index in [2.05, 4.69) is 10.6 Å². The number of nitrogens with one attached hydrogen (secondary N) is 2. The van der Waals surface area contributed by atoms with E-state index in [1.54, 1.807) is 36.4 Å². The maximum Gasteiger partial charge on any atom is 0.323 e. The molecule has 0 saturated heterocycles. The van der Waals surface area contributed by atoms with E-state index in [1.165, 1.54) is 36.4 Å². The van der Waals surface area contributed by atoms with E-state index in [-0.39, 0.29) is 20.6 Å². The molecule has 4 aromatic carbocycles. The van der Waals surface area contributed by atoms with Crippen LogP contribution < -0.4 is 10.6 Å². The number of carbonyl (C=O) groups excluding carboxylic acids is 1. The molecule has 0 heterocycles. The molecule has 0 aliphatic heterocycles. The Bertz CT molecular complexity index is 1480.